The molecular weight excluding hydrogens is 238 g/mol. The summed E-state index contributed by atoms with van der Waals surface area (Å²) in [5.41, 5.74) is 0.376. The van der Waals surface area contributed by atoms with E-state index in [4.69, 9.17) is 0 Å². The fraction of sp³-hybridized carbons (Fsp3) is 0.625. The van der Waals surface area contributed by atoms with Crippen LogP contribution in [0.15, 0.2) is 30.3 Å². The first-order chi connectivity index (χ1) is 9.19. The summed E-state index contributed by atoms with van der Waals surface area (Å²) < 4.78 is 0. The van der Waals surface area contributed by atoms with Gasteiger partial charge >= 0.3 is 0 Å². The van der Waals surface area contributed by atoms with Crippen LogP contribution in [0, 0.1) is 0 Å². The molecule has 0 bridgehead atoms. The lowest BCUT2D eigenvalue weighted by Crippen LogP contribution is -2.54. The Morgan fingerprint density at radius 3 is 2.37 bits per heavy atom. The number of benzene rings is 1. The highest BCUT2D eigenvalue weighted by Crippen LogP contribution is 2.31. The van der Waals surface area contributed by atoms with Gasteiger partial charge in [0.1, 0.15) is 5.72 Å². The minimum absolute atomic E-state index is 0.170. The predicted octanol–water partition coefficient (Wildman–Crippen LogP) is 2.35. The average molecular weight is 263 g/mol. The molecule has 19 heavy (non-hydrogen) atoms. The molecular formula is C16H25NO2. The standard InChI is InChI=1S/C16H25NO2/c1-2-10-16(19,13-18)17-11-8-15(9-12-17)14-6-4-3-5-7-14/h3-7,15,18-19H,2,8-13H2,1H3. The maximum atomic E-state index is 10.5. The number of piperidine rings is 1. The lowest BCUT2D eigenvalue weighted by atomic mass is 9.88. The molecule has 1 heterocycles. The first kappa shape index (κ1) is 14.5. The monoisotopic (exact) mass is 263 g/mol. The fourth-order valence-electron chi connectivity index (χ4n) is 3.09. The molecule has 1 unspecified atom stereocenters. The van der Waals surface area contributed by atoms with Crippen molar-refractivity contribution in [2.45, 2.75) is 44.2 Å². The van der Waals surface area contributed by atoms with Gasteiger partial charge in [-0.3, -0.25) is 4.90 Å². The van der Waals surface area contributed by atoms with Crippen molar-refractivity contribution in [1.82, 2.24) is 4.90 Å². The quantitative estimate of drug-likeness (QED) is 0.857. The minimum atomic E-state index is -1.02. The highest BCUT2D eigenvalue weighted by atomic mass is 16.3. The van der Waals surface area contributed by atoms with Crippen molar-refractivity contribution in [3.8, 4) is 0 Å². The summed E-state index contributed by atoms with van der Waals surface area (Å²) in [5.74, 6) is 0.585. The Bertz CT molecular complexity index is 374. The molecule has 0 aromatic heterocycles. The van der Waals surface area contributed by atoms with Gasteiger partial charge in [0, 0.05) is 13.1 Å². The van der Waals surface area contributed by atoms with E-state index in [1.807, 2.05) is 13.0 Å². The Labute approximate surface area is 115 Å². The van der Waals surface area contributed by atoms with Crippen LogP contribution >= 0.6 is 0 Å². The number of hydrogen-bond acceptors (Lipinski definition) is 3. The van der Waals surface area contributed by atoms with E-state index in [1.165, 1.54) is 5.56 Å². The van der Waals surface area contributed by atoms with E-state index in [1.54, 1.807) is 0 Å². The van der Waals surface area contributed by atoms with Crippen molar-refractivity contribution in [3.63, 3.8) is 0 Å². The van der Waals surface area contributed by atoms with Gasteiger partial charge in [0.15, 0.2) is 0 Å². The molecule has 1 aliphatic rings. The lowest BCUT2D eigenvalue weighted by molar-refractivity contribution is -0.151. The summed E-state index contributed by atoms with van der Waals surface area (Å²) in [6, 6.07) is 10.6. The second kappa shape index (κ2) is 6.51. The van der Waals surface area contributed by atoms with Gasteiger partial charge in [0.05, 0.1) is 6.61 Å². The molecule has 2 rings (SSSR count). The molecule has 3 nitrogen and oxygen atoms in total. The van der Waals surface area contributed by atoms with Gasteiger partial charge in [0.25, 0.3) is 0 Å². The summed E-state index contributed by atoms with van der Waals surface area (Å²) in [7, 11) is 0. The first-order valence-corrected chi connectivity index (χ1v) is 7.33. The van der Waals surface area contributed by atoms with Gasteiger partial charge in [-0.25, -0.2) is 0 Å². The van der Waals surface area contributed by atoms with Gasteiger partial charge in [0.2, 0.25) is 0 Å². The van der Waals surface area contributed by atoms with E-state index in [-0.39, 0.29) is 6.61 Å². The Balaban J connectivity index is 1.95. The van der Waals surface area contributed by atoms with Crippen molar-refractivity contribution in [2.75, 3.05) is 19.7 Å². The number of hydrogen-bond donors (Lipinski definition) is 2. The summed E-state index contributed by atoms with van der Waals surface area (Å²) in [6.07, 6.45) is 3.63. The SMILES string of the molecule is CCCC(O)(CO)N1CCC(c2ccccc2)CC1. The molecule has 2 N–H and O–H groups in total. The van der Waals surface area contributed by atoms with Crippen LogP contribution in [0.5, 0.6) is 0 Å². The van der Waals surface area contributed by atoms with Gasteiger partial charge in [-0.2, -0.15) is 0 Å². The molecule has 1 atom stereocenters. The van der Waals surface area contributed by atoms with Gasteiger partial charge < -0.3 is 10.2 Å². The van der Waals surface area contributed by atoms with E-state index in [0.717, 1.165) is 32.4 Å². The predicted molar refractivity (Wildman–Crippen MR) is 76.9 cm³/mol. The van der Waals surface area contributed by atoms with Crippen LogP contribution < -0.4 is 0 Å². The Morgan fingerprint density at radius 1 is 1.21 bits per heavy atom. The molecule has 1 fully saturated rings. The minimum Gasteiger partial charge on any atom is -0.392 e. The maximum Gasteiger partial charge on any atom is 0.141 e. The van der Waals surface area contributed by atoms with Crippen LogP contribution in [-0.2, 0) is 0 Å². The van der Waals surface area contributed by atoms with Crippen LogP contribution in [0.2, 0.25) is 0 Å². The van der Waals surface area contributed by atoms with Gasteiger partial charge in [-0.15, -0.1) is 0 Å². The van der Waals surface area contributed by atoms with E-state index >= 15 is 0 Å². The van der Waals surface area contributed by atoms with Gasteiger partial charge in [-0.1, -0.05) is 43.7 Å². The largest absolute Gasteiger partial charge is 0.392 e. The molecule has 0 radical (unpaired) electrons. The summed E-state index contributed by atoms with van der Waals surface area (Å²) in [4.78, 5) is 2.05. The highest BCUT2D eigenvalue weighted by Gasteiger charge is 2.35. The second-order valence-electron chi connectivity index (χ2n) is 5.56. The zero-order valence-electron chi connectivity index (χ0n) is 11.8. The van der Waals surface area contributed by atoms with Crippen LogP contribution in [0.3, 0.4) is 0 Å². The molecule has 1 aromatic carbocycles. The zero-order chi connectivity index (χ0) is 13.7. The maximum absolute atomic E-state index is 10.5. The Hall–Kier alpha value is -0.900. The van der Waals surface area contributed by atoms with Crippen LogP contribution in [0.1, 0.15) is 44.1 Å². The van der Waals surface area contributed by atoms with E-state index in [9.17, 15) is 10.2 Å². The van der Waals surface area contributed by atoms with E-state index in [2.05, 4.69) is 29.2 Å². The number of aliphatic hydroxyl groups excluding tert-OH is 1. The molecule has 106 valence electrons. The van der Waals surface area contributed by atoms with Crippen molar-refractivity contribution < 1.29 is 10.2 Å². The molecule has 1 aliphatic heterocycles. The summed E-state index contributed by atoms with van der Waals surface area (Å²) >= 11 is 0. The van der Waals surface area contributed by atoms with E-state index in [0.29, 0.717) is 12.3 Å². The molecule has 0 amide bonds. The lowest BCUT2D eigenvalue weighted by Gasteiger charge is -2.42. The molecule has 1 aromatic rings. The smallest absolute Gasteiger partial charge is 0.141 e. The normalized spacial score (nSPS) is 21.2. The average Bonchev–Trinajstić information content (AvgIpc) is 2.48. The fourth-order valence-corrected chi connectivity index (χ4v) is 3.09. The van der Waals surface area contributed by atoms with Crippen LogP contribution in [0.25, 0.3) is 0 Å². The topological polar surface area (TPSA) is 43.7 Å². The summed E-state index contributed by atoms with van der Waals surface area (Å²) in [6.45, 7) is 3.58. The van der Waals surface area contributed by atoms with Gasteiger partial charge in [-0.05, 0) is 30.7 Å². The first-order valence-electron chi connectivity index (χ1n) is 7.33. The molecule has 0 aliphatic carbocycles. The second-order valence-corrected chi connectivity index (χ2v) is 5.56. The van der Waals surface area contributed by atoms with Crippen LogP contribution in [-0.4, -0.2) is 40.5 Å². The summed E-state index contributed by atoms with van der Waals surface area (Å²) in [5, 5.41) is 19.9. The van der Waals surface area contributed by atoms with Crippen molar-refractivity contribution in [1.29, 1.82) is 0 Å². The number of nitrogens with zero attached hydrogens (tertiary/aromatic N) is 1. The number of aliphatic hydroxyl groups is 2. The molecule has 0 spiro atoms. The van der Waals surface area contributed by atoms with E-state index < -0.39 is 5.72 Å². The third-order valence-corrected chi connectivity index (χ3v) is 4.26. The van der Waals surface area contributed by atoms with Crippen molar-refractivity contribution in [2.24, 2.45) is 0 Å². The zero-order valence-corrected chi connectivity index (χ0v) is 11.8. The molecule has 0 saturated carbocycles. The third-order valence-electron chi connectivity index (χ3n) is 4.26. The third kappa shape index (κ3) is 3.35. The van der Waals surface area contributed by atoms with Crippen molar-refractivity contribution >= 4 is 0 Å². The number of rotatable bonds is 5. The Morgan fingerprint density at radius 2 is 1.84 bits per heavy atom. The molecule has 1 saturated heterocycles. The Kier molecular flexibility index (Phi) is 4.97. The van der Waals surface area contributed by atoms with Crippen LogP contribution in [0.4, 0.5) is 0 Å². The van der Waals surface area contributed by atoms with Crippen molar-refractivity contribution in [3.05, 3.63) is 35.9 Å². The number of likely N-dealkylation sites (tertiary alicyclic amines) is 1. The molecule has 3 heteroatoms. The highest BCUT2D eigenvalue weighted by molar-refractivity contribution is 5.20.